The van der Waals surface area contributed by atoms with Crippen molar-refractivity contribution in [3.8, 4) is 17.3 Å². The van der Waals surface area contributed by atoms with Gasteiger partial charge >= 0.3 is 0 Å². The van der Waals surface area contributed by atoms with Gasteiger partial charge in [-0.1, -0.05) is 43.3 Å². The summed E-state index contributed by atoms with van der Waals surface area (Å²) in [6.45, 7) is 10.4. The molecule has 0 aliphatic heterocycles. The lowest BCUT2D eigenvalue weighted by atomic mass is 10.1. The number of aliphatic hydroxyl groups excluding tert-OH is 1. The third-order valence-corrected chi connectivity index (χ3v) is 5.63. The lowest BCUT2D eigenvalue weighted by Gasteiger charge is -2.30. The summed E-state index contributed by atoms with van der Waals surface area (Å²) in [5.74, 6) is 1.46. The highest BCUT2D eigenvalue weighted by molar-refractivity contribution is 5.43. The zero-order valence-corrected chi connectivity index (χ0v) is 19.6. The highest BCUT2D eigenvalue weighted by Crippen LogP contribution is 2.32. The van der Waals surface area contributed by atoms with Gasteiger partial charge in [0.15, 0.2) is 0 Å². The molecule has 6 nitrogen and oxygen atoms in total. The van der Waals surface area contributed by atoms with Crippen LogP contribution in [0.15, 0.2) is 60.7 Å². The second-order valence-electron chi connectivity index (χ2n) is 8.03. The fourth-order valence-corrected chi connectivity index (χ4v) is 3.61. The lowest BCUT2D eigenvalue weighted by molar-refractivity contribution is 0.0111. The number of benzene rings is 2. The highest BCUT2D eigenvalue weighted by atomic mass is 16.5. The van der Waals surface area contributed by atoms with Gasteiger partial charge in [-0.05, 0) is 51.5 Å². The lowest BCUT2D eigenvalue weighted by Crippen LogP contribution is -2.40. The molecular weight excluding hydrogens is 402 g/mol. The van der Waals surface area contributed by atoms with Crippen LogP contribution in [0, 0.1) is 6.92 Å². The number of aryl methyl sites for hydroxylation is 1. The summed E-state index contributed by atoms with van der Waals surface area (Å²) >= 11 is 0. The fraction of sp³-hybridized carbons (Fsp3) is 0.423. The Morgan fingerprint density at radius 3 is 2.31 bits per heavy atom. The van der Waals surface area contributed by atoms with Gasteiger partial charge in [0.05, 0.1) is 29.7 Å². The van der Waals surface area contributed by atoms with Crippen molar-refractivity contribution in [1.29, 1.82) is 0 Å². The van der Waals surface area contributed by atoms with E-state index in [2.05, 4.69) is 18.7 Å². The molecular formula is C26H35N3O3. The van der Waals surface area contributed by atoms with E-state index in [0.717, 1.165) is 29.1 Å². The summed E-state index contributed by atoms with van der Waals surface area (Å²) in [4.78, 5) is 2.28. The molecule has 0 radical (unpaired) electrons. The molecule has 32 heavy (non-hydrogen) atoms. The van der Waals surface area contributed by atoms with Crippen LogP contribution < -0.4 is 4.74 Å². The normalized spacial score (nSPS) is 13.3. The molecule has 6 heteroatoms. The van der Waals surface area contributed by atoms with Crippen molar-refractivity contribution in [1.82, 2.24) is 14.7 Å². The summed E-state index contributed by atoms with van der Waals surface area (Å²) in [6.07, 6.45) is 0.425. The van der Waals surface area contributed by atoms with E-state index in [9.17, 15) is 5.11 Å². The Kier molecular flexibility index (Phi) is 8.85. The first-order chi connectivity index (χ1) is 15.5. The van der Waals surface area contributed by atoms with Crippen molar-refractivity contribution in [2.24, 2.45) is 0 Å². The monoisotopic (exact) mass is 437 g/mol. The fourth-order valence-electron chi connectivity index (χ4n) is 3.61. The van der Waals surface area contributed by atoms with Gasteiger partial charge in [0.1, 0.15) is 5.75 Å². The van der Waals surface area contributed by atoms with Crippen LogP contribution in [0.25, 0.3) is 5.69 Å². The Morgan fingerprint density at radius 1 is 1.03 bits per heavy atom. The summed E-state index contributed by atoms with van der Waals surface area (Å²) in [5, 5.41) is 15.3. The molecule has 172 valence electrons. The predicted octanol–water partition coefficient (Wildman–Crippen LogP) is 4.97. The third kappa shape index (κ3) is 6.19. The van der Waals surface area contributed by atoms with Crippen molar-refractivity contribution in [3.05, 3.63) is 71.9 Å². The number of hydrogen-bond donors (Lipinski definition) is 1. The van der Waals surface area contributed by atoms with Crippen LogP contribution in [0.1, 0.15) is 38.4 Å². The van der Waals surface area contributed by atoms with E-state index in [1.54, 1.807) is 0 Å². The van der Waals surface area contributed by atoms with E-state index >= 15 is 0 Å². The molecule has 2 aromatic carbocycles. The molecule has 0 aliphatic carbocycles. The average Bonchev–Trinajstić information content (AvgIpc) is 3.12. The Morgan fingerprint density at radius 2 is 1.69 bits per heavy atom. The maximum atomic E-state index is 10.5. The Balaban J connectivity index is 1.96. The van der Waals surface area contributed by atoms with E-state index in [1.807, 2.05) is 79.2 Å². The number of para-hydroxylation sites is 2. The number of ether oxygens (including phenoxy) is 2. The SMILES string of the molecule is CCOC[C@H](O)CN(Cc1c(C)nn(-c2ccccc2)c1Oc1ccccc1)[C@@H](C)CC. The molecule has 0 amide bonds. The molecule has 1 aromatic heterocycles. The number of nitrogens with zero attached hydrogens (tertiary/aromatic N) is 3. The van der Waals surface area contributed by atoms with Gasteiger partial charge < -0.3 is 14.6 Å². The molecule has 0 unspecified atom stereocenters. The maximum absolute atomic E-state index is 10.5. The van der Waals surface area contributed by atoms with Crippen LogP contribution in [0.4, 0.5) is 0 Å². The van der Waals surface area contributed by atoms with Crippen molar-refractivity contribution >= 4 is 0 Å². The van der Waals surface area contributed by atoms with Gasteiger partial charge in [-0.15, -0.1) is 0 Å². The molecule has 0 saturated carbocycles. The first-order valence-corrected chi connectivity index (χ1v) is 11.4. The largest absolute Gasteiger partial charge is 0.439 e. The van der Waals surface area contributed by atoms with Crippen LogP contribution in [0.5, 0.6) is 11.6 Å². The molecule has 0 bridgehead atoms. The molecule has 0 fully saturated rings. The van der Waals surface area contributed by atoms with Crippen LogP contribution in [-0.4, -0.2) is 51.7 Å². The Bertz CT molecular complexity index is 944. The van der Waals surface area contributed by atoms with E-state index in [0.29, 0.717) is 32.2 Å². The van der Waals surface area contributed by atoms with E-state index in [4.69, 9.17) is 14.6 Å². The third-order valence-electron chi connectivity index (χ3n) is 5.63. The zero-order valence-electron chi connectivity index (χ0n) is 19.6. The molecule has 3 rings (SSSR count). The minimum absolute atomic E-state index is 0.287. The molecule has 2 atom stereocenters. The Labute approximate surface area is 191 Å². The topological polar surface area (TPSA) is 59.8 Å². The number of rotatable bonds is 12. The van der Waals surface area contributed by atoms with Gasteiger partial charge in [0.2, 0.25) is 5.88 Å². The number of aromatic nitrogens is 2. The van der Waals surface area contributed by atoms with Crippen molar-refractivity contribution in [2.45, 2.75) is 52.8 Å². The Hall–Kier alpha value is -2.67. The van der Waals surface area contributed by atoms with Gasteiger partial charge in [0, 0.05) is 25.7 Å². The van der Waals surface area contributed by atoms with Gasteiger partial charge in [-0.3, -0.25) is 4.90 Å². The quantitative estimate of drug-likeness (QED) is 0.433. The standard InChI is InChI=1S/C26H35N3O3/c1-5-20(3)28(17-23(30)19-31-6-2)18-25-21(4)27-29(22-13-9-7-10-14-22)26(25)32-24-15-11-8-12-16-24/h7-16,20,23,30H,5-6,17-19H2,1-4H3/t20-,23+/m0/s1. The van der Waals surface area contributed by atoms with E-state index < -0.39 is 6.10 Å². The second kappa shape index (κ2) is 11.8. The van der Waals surface area contributed by atoms with E-state index in [-0.39, 0.29) is 6.04 Å². The number of hydrogen-bond acceptors (Lipinski definition) is 5. The minimum Gasteiger partial charge on any atom is -0.439 e. The number of aliphatic hydroxyl groups is 1. The minimum atomic E-state index is -0.549. The van der Waals surface area contributed by atoms with Crippen LogP contribution in [-0.2, 0) is 11.3 Å². The maximum Gasteiger partial charge on any atom is 0.227 e. The average molecular weight is 438 g/mol. The predicted molar refractivity (Wildman–Crippen MR) is 127 cm³/mol. The van der Waals surface area contributed by atoms with Gasteiger partial charge in [0.25, 0.3) is 0 Å². The summed E-state index contributed by atoms with van der Waals surface area (Å²) in [5.41, 5.74) is 2.87. The molecule has 1 heterocycles. The highest BCUT2D eigenvalue weighted by Gasteiger charge is 2.24. The van der Waals surface area contributed by atoms with Gasteiger partial charge in [-0.2, -0.15) is 5.10 Å². The molecule has 0 spiro atoms. The van der Waals surface area contributed by atoms with Crippen molar-refractivity contribution in [2.75, 3.05) is 19.8 Å². The van der Waals surface area contributed by atoms with Crippen LogP contribution in [0.3, 0.4) is 0 Å². The van der Waals surface area contributed by atoms with Crippen LogP contribution >= 0.6 is 0 Å². The smallest absolute Gasteiger partial charge is 0.227 e. The van der Waals surface area contributed by atoms with Gasteiger partial charge in [-0.25, -0.2) is 4.68 Å². The summed E-state index contributed by atoms with van der Waals surface area (Å²) in [7, 11) is 0. The summed E-state index contributed by atoms with van der Waals surface area (Å²) < 4.78 is 13.7. The van der Waals surface area contributed by atoms with Crippen molar-refractivity contribution < 1.29 is 14.6 Å². The summed E-state index contributed by atoms with van der Waals surface area (Å²) in [6, 6.07) is 20.1. The molecule has 1 N–H and O–H groups in total. The molecule has 3 aromatic rings. The first-order valence-electron chi connectivity index (χ1n) is 11.4. The van der Waals surface area contributed by atoms with Crippen molar-refractivity contribution in [3.63, 3.8) is 0 Å². The molecule has 0 saturated heterocycles. The van der Waals surface area contributed by atoms with Crippen LogP contribution in [0.2, 0.25) is 0 Å². The van der Waals surface area contributed by atoms with E-state index in [1.165, 1.54) is 0 Å². The first kappa shape index (κ1) is 24.0. The molecule has 0 aliphatic rings. The second-order valence-corrected chi connectivity index (χ2v) is 8.03. The zero-order chi connectivity index (χ0) is 22.9.